The third-order valence-corrected chi connectivity index (χ3v) is 2.70. The number of nitrogens with zero attached hydrogens (tertiary/aromatic N) is 2. The number of aryl methyl sites for hydroxylation is 1. The largest absolute Gasteiger partial charge is 0.397 e. The number of non-ortho nitro benzene ring substituents is 1. The van der Waals surface area contributed by atoms with Gasteiger partial charge in [-0.05, 0) is 24.6 Å². The van der Waals surface area contributed by atoms with Gasteiger partial charge < -0.3 is 11.1 Å². The molecule has 0 aliphatic rings. The fraction of sp³-hybridized carbons (Fsp3) is 0.154. The third-order valence-electron chi connectivity index (χ3n) is 2.70. The molecule has 2 aromatic rings. The minimum atomic E-state index is -0.468. The molecule has 2 rings (SSSR count). The van der Waals surface area contributed by atoms with Crippen LogP contribution in [-0.4, -0.2) is 9.91 Å². The van der Waals surface area contributed by atoms with E-state index in [-0.39, 0.29) is 5.69 Å². The lowest BCUT2D eigenvalue weighted by molar-refractivity contribution is -0.384. The number of rotatable bonds is 4. The first kappa shape index (κ1) is 12.8. The van der Waals surface area contributed by atoms with Gasteiger partial charge in [0.2, 0.25) is 0 Å². The highest BCUT2D eigenvalue weighted by atomic mass is 16.6. The van der Waals surface area contributed by atoms with Gasteiger partial charge in [0.25, 0.3) is 5.69 Å². The van der Waals surface area contributed by atoms with E-state index in [1.807, 2.05) is 19.1 Å². The van der Waals surface area contributed by atoms with Crippen LogP contribution < -0.4 is 11.1 Å². The number of nitro benzene ring substituents is 1. The summed E-state index contributed by atoms with van der Waals surface area (Å²) in [5, 5.41) is 13.7. The highest BCUT2D eigenvalue weighted by Gasteiger charge is 2.08. The SMILES string of the molecule is Cc1ccc(CNc2ccc([N+](=O)[O-])cc2N)cn1. The molecule has 0 amide bonds. The molecular formula is C13H14N4O2. The minimum Gasteiger partial charge on any atom is -0.397 e. The van der Waals surface area contributed by atoms with Crippen LogP contribution in [0.15, 0.2) is 36.5 Å². The van der Waals surface area contributed by atoms with Crippen molar-refractivity contribution >= 4 is 17.1 Å². The topological polar surface area (TPSA) is 94.1 Å². The molecule has 6 nitrogen and oxygen atoms in total. The van der Waals surface area contributed by atoms with E-state index < -0.39 is 4.92 Å². The van der Waals surface area contributed by atoms with Gasteiger partial charge in [-0.2, -0.15) is 0 Å². The van der Waals surface area contributed by atoms with E-state index in [1.54, 1.807) is 12.3 Å². The molecule has 98 valence electrons. The number of nitrogens with two attached hydrogens (primary N) is 1. The van der Waals surface area contributed by atoms with Crippen LogP contribution in [0.3, 0.4) is 0 Å². The van der Waals surface area contributed by atoms with Gasteiger partial charge in [-0.1, -0.05) is 6.07 Å². The molecule has 19 heavy (non-hydrogen) atoms. The Kier molecular flexibility index (Phi) is 3.61. The number of pyridine rings is 1. The molecule has 1 aromatic carbocycles. The summed E-state index contributed by atoms with van der Waals surface area (Å²) in [6.45, 7) is 2.49. The average Bonchev–Trinajstić information content (AvgIpc) is 2.39. The summed E-state index contributed by atoms with van der Waals surface area (Å²) in [5.74, 6) is 0. The Morgan fingerprint density at radius 3 is 2.74 bits per heavy atom. The smallest absolute Gasteiger partial charge is 0.271 e. The number of hydrogen-bond donors (Lipinski definition) is 2. The molecule has 0 bridgehead atoms. The van der Waals surface area contributed by atoms with Crippen LogP contribution in [-0.2, 0) is 6.54 Å². The van der Waals surface area contributed by atoms with Gasteiger partial charge in [0.15, 0.2) is 0 Å². The lowest BCUT2D eigenvalue weighted by atomic mass is 10.2. The van der Waals surface area contributed by atoms with Gasteiger partial charge in [0.05, 0.1) is 16.3 Å². The predicted molar refractivity (Wildman–Crippen MR) is 73.8 cm³/mol. The van der Waals surface area contributed by atoms with Gasteiger partial charge in [0.1, 0.15) is 0 Å². The van der Waals surface area contributed by atoms with Gasteiger partial charge in [-0.3, -0.25) is 15.1 Å². The molecule has 0 aliphatic heterocycles. The Morgan fingerprint density at radius 2 is 2.16 bits per heavy atom. The first-order valence-corrected chi connectivity index (χ1v) is 5.75. The van der Waals surface area contributed by atoms with Crippen LogP contribution >= 0.6 is 0 Å². The Balaban J connectivity index is 2.07. The zero-order valence-corrected chi connectivity index (χ0v) is 10.5. The van der Waals surface area contributed by atoms with E-state index in [4.69, 9.17) is 5.73 Å². The van der Waals surface area contributed by atoms with Crippen LogP contribution in [0, 0.1) is 17.0 Å². The van der Waals surface area contributed by atoms with E-state index in [0.29, 0.717) is 17.9 Å². The second-order valence-electron chi connectivity index (χ2n) is 4.19. The van der Waals surface area contributed by atoms with Crippen molar-refractivity contribution in [1.29, 1.82) is 0 Å². The standard InChI is InChI=1S/C13H14N4O2/c1-9-2-3-10(7-15-9)8-16-13-5-4-11(17(18)19)6-12(13)14/h2-7,16H,8,14H2,1H3. The number of anilines is 2. The fourth-order valence-corrected chi connectivity index (χ4v) is 1.62. The molecule has 0 fully saturated rings. The van der Waals surface area contributed by atoms with Gasteiger partial charge in [-0.25, -0.2) is 0 Å². The van der Waals surface area contributed by atoms with Crippen molar-refractivity contribution in [2.75, 3.05) is 11.1 Å². The van der Waals surface area contributed by atoms with Gasteiger partial charge in [-0.15, -0.1) is 0 Å². The summed E-state index contributed by atoms with van der Waals surface area (Å²) < 4.78 is 0. The lowest BCUT2D eigenvalue weighted by Crippen LogP contribution is -2.03. The maximum Gasteiger partial charge on any atom is 0.271 e. The second-order valence-corrected chi connectivity index (χ2v) is 4.19. The maximum atomic E-state index is 10.6. The van der Waals surface area contributed by atoms with Crippen LogP contribution in [0.4, 0.5) is 17.1 Å². The molecule has 0 aliphatic carbocycles. The Bertz CT molecular complexity index is 596. The van der Waals surface area contributed by atoms with E-state index >= 15 is 0 Å². The molecule has 3 N–H and O–H groups in total. The highest BCUT2D eigenvalue weighted by molar-refractivity contribution is 5.69. The van der Waals surface area contributed by atoms with Crippen molar-refractivity contribution in [3.63, 3.8) is 0 Å². The van der Waals surface area contributed by atoms with Crippen molar-refractivity contribution in [1.82, 2.24) is 4.98 Å². The van der Waals surface area contributed by atoms with E-state index in [1.165, 1.54) is 12.1 Å². The lowest BCUT2D eigenvalue weighted by Gasteiger charge is -2.09. The average molecular weight is 258 g/mol. The molecule has 0 unspecified atom stereocenters. The van der Waals surface area contributed by atoms with Crippen LogP contribution in [0.5, 0.6) is 0 Å². The highest BCUT2D eigenvalue weighted by Crippen LogP contribution is 2.24. The summed E-state index contributed by atoms with van der Waals surface area (Å²) in [6.07, 6.45) is 1.78. The molecular weight excluding hydrogens is 244 g/mol. The van der Waals surface area contributed by atoms with E-state index in [9.17, 15) is 10.1 Å². The van der Waals surface area contributed by atoms with Crippen molar-refractivity contribution in [3.8, 4) is 0 Å². The van der Waals surface area contributed by atoms with Crippen molar-refractivity contribution in [2.24, 2.45) is 0 Å². The first-order chi connectivity index (χ1) is 9.06. The van der Waals surface area contributed by atoms with E-state index in [2.05, 4.69) is 10.3 Å². The summed E-state index contributed by atoms with van der Waals surface area (Å²) >= 11 is 0. The zero-order valence-electron chi connectivity index (χ0n) is 10.5. The van der Waals surface area contributed by atoms with E-state index in [0.717, 1.165) is 11.3 Å². The normalized spacial score (nSPS) is 10.2. The molecule has 1 heterocycles. The quantitative estimate of drug-likeness (QED) is 0.499. The van der Waals surface area contributed by atoms with Crippen LogP contribution in [0.1, 0.15) is 11.3 Å². The number of benzene rings is 1. The van der Waals surface area contributed by atoms with Gasteiger partial charge in [0, 0.05) is 30.6 Å². The maximum absolute atomic E-state index is 10.6. The van der Waals surface area contributed by atoms with Crippen molar-refractivity contribution < 1.29 is 4.92 Å². The number of nitro groups is 1. The summed E-state index contributed by atoms with van der Waals surface area (Å²) in [7, 11) is 0. The number of hydrogen-bond acceptors (Lipinski definition) is 5. The zero-order chi connectivity index (χ0) is 13.8. The molecule has 0 saturated carbocycles. The summed E-state index contributed by atoms with van der Waals surface area (Å²) in [5.41, 5.74) is 8.75. The Labute approximate surface area is 110 Å². The number of nitrogen functional groups attached to an aromatic ring is 1. The molecule has 1 aromatic heterocycles. The first-order valence-electron chi connectivity index (χ1n) is 5.75. The summed E-state index contributed by atoms with van der Waals surface area (Å²) in [4.78, 5) is 14.3. The van der Waals surface area contributed by atoms with Crippen molar-refractivity contribution in [3.05, 3.63) is 57.9 Å². The number of nitrogens with one attached hydrogen (secondary N) is 1. The molecule has 0 saturated heterocycles. The second kappa shape index (κ2) is 5.34. The number of aromatic nitrogens is 1. The molecule has 0 radical (unpaired) electrons. The monoisotopic (exact) mass is 258 g/mol. The third kappa shape index (κ3) is 3.19. The molecule has 0 spiro atoms. The van der Waals surface area contributed by atoms with Crippen molar-refractivity contribution in [2.45, 2.75) is 13.5 Å². The molecule has 0 atom stereocenters. The predicted octanol–water partition coefficient (Wildman–Crippen LogP) is 2.49. The molecule has 6 heteroatoms. The summed E-state index contributed by atoms with van der Waals surface area (Å²) in [6, 6.07) is 8.27. The fourth-order valence-electron chi connectivity index (χ4n) is 1.62. The van der Waals surface area contributed by atoms with Crippen LogP contribution in [0.25, 0.3) is 0 Å². The van der Waals surface area contributed by atoms with Crippen LogP contribution in [0.2, 0.25) is 0 Å². The minimum absolute atomic E-state index is 0.0138. The van der Waals surface area contributed by atoms with Gasteiger partial charge >= 0.3 is 0 Å². The Hall–Kier alpha value is -2.63. The Morgan fingerprint density at radius 1 is 1.37 bits per heavy atom.